The van der Waals surface area contributed by atoms with Gasteiger partial charge in [-0.15, -0.1) is 0 Å². The smallest absolute Gasteiger partial charge is 0.0636 e. The van der Waals surface area contributed by atoms with Crippen LogP contribution in [0.2, 0.25) is 0 Å². The van der Waals surface area contributed by atoms with Crippen molar-refractivity contribution in [3.8, 4) is 0 Å². The predicted molar refractivity (Wildman–Crippen MR) is 96.2 cm³/mol. The molecule has 2 aromatic rings. The summed E-state index contributed by atoms with van der Waals surface area (Å²) in [5.74, 6) is 2.44. The van der Waals surface area contributed by atoms with Gasteiger partial charge in [-0.1, -0.05) is 65.1 Å². The molecule has 2 aliphatic heterocycles. The quantitative estimate of drug-likeness (QED) is 0.467. The van der Waals surface area contributed by atoms with Crippen molar-refractivity contribution in [2.24, 2.45) is 0 Å². The van der Waals surface area contributed by atoms with E-state index in [4.69, 9.17) is 0 Å². The number of fused-ring (bicyclic) bond motifs is 5. The van der Waals surface area contributed by atoms with Gasteiger partial charge < -0.3 is 4.90 Å². The first-order valence-corrected chi connectivity index (χ1v) is 9.42. The van der Waals surface area contributed by atoms with E-state index in [1.807, 2.05) is 0 Å². The third kappa shape index (κ3) is 1.98. The molecule has 4 rings (SSSR count). The van der Waals surface area contributed by atoms with Crippen molar-refractivity contribution in [3.05, 3.63) is 65.2 Å². The Morgan fingerprint density at radius 3 is 2.50 bits per heavy atom. The number of benzene rings is 2. The third-order valence-electron chi connectivity index (χ3n) is 4.28. The number of halogens is 1. The zero-order valence-corrected chi connectivity index (χ0v) is 14.1. The molecule has 2 aromatic carbocycles. The number of alkyl halides is 1. The first-order chi connectivity index (χ1) is 9.86. The largest absolute Gasteiger partial charge is 0.363 e. The standard InChI is InChI=1S/C17H16INS/c18-17-13-6-2-1-5-12(13)16-11-20-10-9-19(16)15-8-4-3-7-14(15)17/h1-8,16-17H,9-11H2. The molecule has 2 unspecified atom stereocenters. The maximum atomic E-state index is 2.63. The Morgan fingerprint density at radius 2 is 1.65 bits per heavy atom. The first-order valence-electron chi connectivity index (χ1n) is 7.02. The number of nitrogens with zero attached hydrogens (tertiary/aromatic N) is 1. The molecule has 1 nitrogen and oxygen atoms in total. The van der Waals surface area contributed by atoms with Crippen LogP contribution < -0.4 is 4.90 Å². The van der Waals surface area contributed by atoms with Crippen LogP contribution in [0.4, 0.5) is 5.69 Å². The van der Waals surface area contributed by atoms with Crippen LogP contribution in [0.1, 0.15) is 26.7 Å². The van der Waals surface area contributed by atoms with Gasteiger partial charge in [-0.2, -0.15) is 11.8 Å². The second-order valence-corrected chi connectivity index (χ2v) is 7.73. The zero-order chi connectivity index (χ0) is 13.5. The Labute approximate surface area is 137 Å². The highest BCUT2D eigenvalue weighted by Gasteiger charge is 2.33. The van der Waals surface area contributed by atoms with E-state index >= 15 is 0 Å². The monoisotopic (exact) mass is 393 g/mol. The number of hydrogen-bond donors (Lipinski definition) is 0. The fraction of sp³-hybridized carbons (Fsp3) is 0.294. The lowest BCUT2D eigenvalue weighted by Gasteiger charge is -2.37. The molecule has 0 radical (unpaired) electrons. The van der Waals surface area contributed by atoms with Crippen molar-refractivity contribution in [2.75, 3.05) is 23.0 Å². The molecule has 0 N–H and O–H groups in total. The molecule has 0 saturated carbocycles. The van der Waals surface area contributed by atoms with Crippen LogP contribution in [0.25, 0.3) is 0 Å². The summed E-state index contributed by atoms with van der Waals surface area (Å²) in [6.45, 7) is 1.16. The van der Waals surface area contributed by atoms with Crippen LogP contribution in [-0.2, 0) is 0 Å². The van der Waals surface area contributed by atoms with Gasteiger partial charge in [0.1, 0.15) is 0 Å². The van der Waals surface area contributed by atoms with E-state index in [2.05, 4.69) is 87.8 Å². The Bertz CT molecular complexity index is 587. The third-order valence-corrected chi connectivity index (χ3v) is 6.64. The number of thioether (sulfide) groups is 1. The summed E-state index contributed by atoms with van der Waals surface area (Å²) in [6, 6.07) is 18.5. The van der Waals surface area contributed by atoms with E-state index in [1.165, 1.54) is 33.9 Å². The molecule has 0 aromatic heterocycles. The van der Waals surface area contributed by atoms with Crippen LogP contribution in [0.3, 0.4) is 0 Å². The maximum Gasteiger partial charge on any atom is 0.0636 e. The molecule has 0 aliphatic carbocycles. The lowest BCUT2D eigenvalue weighted by atomic mass is 9.98. The summed E-state index contributed by atoms with van der Waals surface area (Å²) in [7, 11) is 0. The van der Waals surface area contributed by atoms with Crippen LogP contribution in [0.5, 0.6) is 0 Å². The molecule has 2 atom stereocenters. The van der Waals surface area contributed by atoms with Gasteiger partial charge in [0, 0.05) is 23.7 Å². The Hall–Kier alpha value is -0.680. The lowest BCUT2D eigenvalue weighted by molar-refractivity contribution is 0.688. The van der Waals surface area contributed by atoms with Gasteiger partial charge in [-0.05, 0) is 22.8 Å². The number of anilines is 1. The Balaban J connectivity index is 1.97. The average Bonchev–Trinajstić information content (AvgIpc) is 2.64. The van der Waals surface area contributed by atoms with Gasteiger partial charge in [-0.3, -0.25) is 0 Å². The molecular formula is C17H16INS. The molecule has 3 heteroatoms. The molecule has 0 amide bonds. The van der Waals surface area contributed by atoms with Crippen molar-refractivity contribution in [1.82, 2.24) is 0 Å². The lowest BCUT2D eigenvalue weighted by Crippen LogP contribution is -2.36. The summed E-state index contributed by atoms with van der Waals surface area (Å²) in [4.78, 5) is 2.63. The van der Waals surface area contributed by atoms with E-state index in [9.17, 15) is 0 Å². The van der Waals surface area contributed by atoms with E-state index in [-0.39, 0.29) is 0 Å². The average molecular weight is 393 g/mol. The van der Waals surface area contributed by atoms with E-state index < -0.39 is 0 Å². The van der Waals surface area contributed by atoms with Crippen LogP contribution in [-0.4, -0.2) is 18.1 Å². The van der Waals surface area contributed by atoms with Crippen molar-refractivity contribution < 1.29 is 0 Å². The highest BCUT2D eigenvalue weighted by molar-refractivity contribution is 14.1. The zero-order valence-electron chi connectivity index (χ0n) is 11.1. The molecular weight excluding hydrogens is 377 g/mol. The number of para-hydroxylation sites is 1. The minimum absolute atomic E-state index is 0.454. The summed E-state index contributed by atoms with van der Waals surface area (Å²) < 4.78 is 0.454. The summed E-state index contributed by atoms with van der Waals surface area (Å²) in [5, 5.41) is 0. The van der Waals surface area contributed by atoms with Crippen molar-refractivity contribution in [3.63, 3.8) is 0 Å². The number of hydrogen-bond acceptors (Lipinski definition) is 2. The second kappa shape index (κ2) is 5.26. The van der Waals surface area contributed by atoms with E-state index in [0.717, 1.165) is 6.54 Å². The number of rotatable bonds is 0. The molecule has 1 fully saturated rings. The van der Waals surface area contributed by atoms with E-state index in [0.29, 0.717) is 9.97 Å². The SMILES string of the molecule is IC1c2ccccc2C2CSCCN2c2ccccc21. The Kier molecular flexibility index (Phi) is 3.42. The fourth-order valence-corrected chi connectivity index (χ4v) is 5.49. The van der Waals surface area contributed by atoms with Gasteiger partial charge in [0.05, 0.1) is 9.97 Å². The van der Waals surface area contributed by atoms with Gasteiger partial charge in [0.25, 0.3) is 0 Å². The molecule has 2 heterocycles. The van der Waals surface area contributed by atoms with Gasteiger partial charge in [0.15, 0.2) is 0 Å². The van der Waals surface area contributed by atoms with Gasteiger partial charge in [-0.25, -0.2) is 0 Å². The summed E-state index contributed by atoms with van der Waals surface area (Å²) in [6.07, 6.45) is 0. The minimum Gasteiger partial charge on any atom is -0.363 e. The second-order valence-electron chi connectivity index (χ2n) is 5.33. The highest BCUT2D eigenvalue weighted by Crippen LogP contribution is 2.47. The molecule has 20 heavy (non-hydrogen) atoms. The van der Waals surface area contributed by atoms with E-state index in [1.54, 1.807) is 0 Å². The normalized spacial score (nSPS) is 24.4. The van der Waals surface area contributed by atoms with Crippen LogP contribution in [0.15, 0.2) is 48.5 Å². The van der Waals surface area contributed by atoms with Gasteiger partial charge in [0.2, 0.25) is 0 Å². The molecule has 0 spiro atoms. The van der Waals surface area contributed by atoms with Crippen molar-refractivity contribution >= 4 is 40.0 Å². The Morgan fingerprint density at radius 1 is 0.950 bits per heavy atom. The summed E-state index contributed by atoms with van der Waals surface area (Å²) >= 11 is 4.69. The molecule has 1 saturated heterocycles. The molecule has 102 valence electrons. The first kappa shape index (κ1) is 13.0. The highest BCUT2D eigenvalue weighted by atomic mass is 127. The fourth-order valence-electron chi connectivity index (χ4n) is 3.33. The van der Waals surface area contributed by atoms with Crippen LogP contribution >= 0.6 is 34.4 Å². The minimum atomic E-state index is 0.454. The topological polar surface area (TPSA) is 3.24 Å². The van der Waals surface area contributed by atoms with Gasteiger partial charge >= 0.3 is 0 Å². The van der Waals surface area contributed by atoms with Crippen molar-refractivity contribution in [1.29, 1.82) is 0 Å². The molecule has 0 bridgehead atoms. The predicted octanol–water partition coefficient (Wildman–Crippen LogP) is 4.82. The maximum absolute atomic E-state index is 2.63. The summed E-state index contributed by atoms with van der Waals surface area (Å²) in [5.41, 5.74) is 5.93. The van der Waals surface area contributed by atoms with Crippen molar-refractivity contribution in [2.45, 2.75) is 9.97 Å². The van der Waals surface area contributed by atoms with Crippen LogP contribution in [0, 0.1) is 0 Å². The molecule has 2 aliphatic rings.